The van der Waals surface area contributed by atoms with Gasteiger partial charge in [-0.1, -0.05) is 0 Å². The Morgan fingerprint density at radius 3 is 1.77 bits per heavy atom. The molecule has 0 spiro atoms. The molecule has 0 aromatic carbocycles. The van der Waals surface area contributed by atoms with Gasteiger partial charge in [0.1, 0.15) is 6.04 Å². The minimum atomic E-state index is -5.08. The van der Waals surface area contributed by atoms with Gasteiger partial charge in [0.05, 0.1) is 6.04 Å². The Morgan fingerprint density at radius 1 is 1.14 bits per heavy atom. The number of nitrogens with two attached hydrogens (primary N) is 1. The van der Waals surface area contributed by atoms with E-state index in [1.165, 1.54) is 6.92 Å². The summed E-state index contributed by atoms with van der Waals surface area (Å²) in [7, 11) is 0. The lowest BCUT2D eigenvalue weighted by molar-refractivity contribution is -0.192. The lowest BCUT2D eigenvalue weighted by Crippen LogP contribution is -2.47. The number of hydrogen-bond acceptors (Lipinski definition) is 5. The van der Waals surface area contributed by atoms with Crippen molar-refractivity contribution in [2.75, 3.05) is 0 Å². The largest absolute Gasteiger partial charge is 0.490 e. The molecule has 22 heavy (non-hydrogen) atoms. The van der Waals surface area contributed by atoms with Crippen molar-refractivity contribution < 1.29 is 47.7 Å². The Kier molecular flexibility index (Phi) is 9.51. The number of nitrogens with one attached hydrogen (secondary N) is 1. The zero-order chi connectivity index (χ0) is 18.1. The minimum Gasteiger partial charge on any atom is -0.481 e. The maximum atomic E-state index is 11.1. The summed E-state index contributed by atoms with van der Waals surface area (Å²) < 4.78 is 31.7. The highest BCUT2D eigenvalue weighted by Gasteiger charge is 2.38. The summed E-state index contributed by atoms with van der Waals surface area (Å²) in [6.07, 6.45) is -5.57. The van der Waals surface area contributed by atoms with E-state index in [-0.39, 0.29) is 12.8 Å². The number of amides is 1. The number of hydrogen-bond donors (Lipinski definition) is 5. The number of alkyl halides is 3. The second kappa shape index (κ2) is 9.55. The van der Waals surface area contributed by atoms with Gasteiger partial charge in [-0.15, -0.1) is 0 Å². The first-order valence-electron chi connectivity index (χ1n) is 5.59. The number of rotatable bonds is 6. The standard InChI is InChI=1S/C8H14N2O5.C2HF3O2/c1-4(9)7(13)10-5(8(14)15)2-3-6(11)12;3-2(4,5)1(6)7/h4-5H,2-3,9H2,1H3,(H,10,13)(H,11,12)(H,14,15);(H,6,7)/t4-,5+;/m1./s1. The van der Waals surface area contributed by atoms with Gasteiger partial charge >= 0.3 is 24.1 Å². The first kappa shape index (κ1) is 21.9. The molecule has 6 N–H and O–H groups in total. The maximum Gasteiger partial charge on any atom is 0.490 e. The molecule has 1 amide bonds. The van der Waals surface area contributed by atoms with Crippen LogP contribution in [-0.4, -0.2) is 57.4 Å². The highest BCUT2D eigenvalue weighted by atomic mass is 19.4. The van der Waals surface area contributed by atoms with E-state index in [9.17, 15) is 27.6 Å². The van der Waals surface area contributed by atoms with E-state index < -0.39 is 42.1 Å². The fraction of sp³-hybridized carbons (Fsp3) is 0.600. The topological polar surface area (TPSA) is 167 Å². The highest BCUT2D eigenvalue weighted by Crippen LogP contribution is 2.13. The van der Waals surface area contributed by atoms with E-state index in [1.54, 1.807) is 0 Å². The molecule has 0 aliphatic rings. The third-order valence-corrected chi connectivity index (χ3v) is 1.92. The van der Waals surface area contributed by atoms with Gasteiger partial charge in [-0.05, 0) is 13.3 Å². The second-order valence-corrected chi connectivity index (χ2v) is 3.92. The predicted molar refractivity (Wildman–Crippen MR) is 63.8 cm³/mol. The minimum absolute atomic E-state index is 0.164. The van der Waals surface area contributed by atoms with Crippen LogP contribution in [0.2, 0.25) is 0 Å². The second-order valence-electron chi connectivity index (χ2n) is 3.92. The summed E-state index contributed by atoms with van der Waals surface area (Å²) in [6, 6.07) is -2.03. The van der Waals surface area contributed by atoms with Crippen LogP contribution in [0.4, 0.5) is 13.2 Å². The number of aliphatic carboxylic acids is 3. The van der Waals surface area contributed by atoms with Crippen LogP contribution < -0.4 is 11.1 Å². The van der Waals surface area contributed by atoms with Crippen LogP contribution in [0.25, 0.3) is 0 Å². The van der Waals surface area contributed by atoms with Crippen LogP contribution in [0.1, 0.15) is 19.8 Å². The van der Waals surface area contributed by atoms with Gasteiger partial charge in [-0.3, -0.25) is 9.59 Å². The molecule has 0 aliphatic carbocycles. The van der Waals surface area contributed by atoms with Crippen molar-refractivity contribution in [1.82, 2.24) is 5.32 Å². The van der Waals surface area contributed by atoms with E-state index in [2.05, 4.69) is 5.32 Å². The summed E-state index contributed by atoms with van der Waals surface area (Å²) in [6.45, 7) is 1.41. The molecule has 2 atom stereocenters. The average Bonchev–Trinajstić information content (AvgIpc) is 2.32. The number of halogens is 3. The van der Waals surface area contributed by atoms with Gasteiger partial charge in [-0.2, -0.15) is 13.2 Å². The zero-order valence-corrected chi connectivity index (χ0v) is 11.3. The molecular weight excluding hydrogens is 317 g/mol. The number of carbonyl (C=O) groups excluding carboxylic acids is 1. The molecule has 12 heteroatoms. The molecule has 0 bridgehead atoms. The van der Waals surface area contributed by atoms with Crippen molar-refractivity contribution in [3.63, 3.8) is 0 Å². The van der Waals surface area contributed by atoms with Crippen LogP contribution in [0.5, 0.6) is 0 Å². The maximum absolute atomic E-state index is 11.1. The molecular formula is C10H15F3N2O7. The van der Waals surface area contributed by atoms with Crippen LogP contribution >= 0.6 is 0 Å². The normalized spacial score (nSPS) is 13.1. The van der Waals surface area contributed by atoms with E-state index in [4.69, 9.17) is 25.8 Å². The molecule has 0 aromatic rings. The Bertz CT molecular complexity index is 423. The molecule has 0 saturated carbocycles. The van der Waals surface area contributed by atoms with Gasteiger partial charge in [0.25, 0.3) is 0 Å². The zero-order valence-electron chi connectivity index (χ0n) is 11.3. The van der Waals surface area contributed by atoms with Gasteiger partial charge in [0, 0.05) is 6.42 Å². The van der Waals surface area contributed by atoms with Gasteiger partial charge < -0.3 is 26.4 Å². The Morgan fingerprint density at radius 2 is 1.55 bits per heavy atom. The summed E-state index contributed by atoms with van der Waals surface area (Å²) in [5, 5.41) is 26.3. The lowest BCUT2D eigenvalue weighted by atomic mass is 10.1. The summed E-state index contributed by atoms with van der Waals surface area (Å²) in [5.74, 6) is -5.76. The van der Waals surface area contributed by atoms with Crippen LogP contribution in [0, 0.1) is 0 Å². The van der Waals surface area contributed by atoms with Crippen molar-refractivity contribution in [2.45, 2.75) is 38.0 Å². The van der Waals surface area contributed by atoms with Crippen LogP contribution in [0.3, 0.4) is 0 Å². The third kappa shape index (κ3) is 11.5. The summed E-state index contributed by atoms with van der Waals surface area (Å²) >= 11 is 0. The van der Waals surface area contributed by atoms with Gasteiger partial charge in [0.15, 0.2) is 0 Å². The number of carbonyl (C=O) groups is 4. The van der Waals surface area contributed by atoms with Crippen molar-refractivity contribution in [3.05, 3.63) is 0 Å². The molecule has 0 aliphatic heterocycles. The van der Waals surface area contributed by atoms with Crippen molar-refractivity contribution in [3.8, 4) is 0 Å². The number of carboxylic acid groups (broad SMARTS) is 3. The van der Waals surface area contributed by atoms with Crippen LogP contribution in [0.15, 0.2) is 0 Å². The van der Waals surface area contributed by atoms with Crippen molar-refractivity contribution in [2.24, 2.45) is 5.73 Å². The Labute approximate surface area is 121 Å². The number of carboxylic acids is 3. The highest BCUT2D eigenvalue weighted by molar-refractivity contribution is 5.86. The Hall–Kier alpha value is -2.37. The SMILES string of the molecule is C[C@@H](N)C(=O)N[C@@H](CCC(=O)O)C(=O)O.O=C(O)C(F)(F)F. The molecule has 0 aromatic heterocycles. The monoisotopic (exact) mass is 332 g/mol. The Balaban J connectivity index is 0. The molecule has 9 nitrogen and oxygen atoms in total. The molecule has 0 unspecified atom stereocenters. The molecule has 0 saturated heterocycles. The first-order valence-corrected chi connectivity index (χ1v) is 5.59. The lowest BCUT2D eigenvalue weighted by Gasteiger charge is -2.14. The summed E-state index contributed by atoms with van der Waals surface area (Å²) in [5.41, 5.74) is 5.22. The van der Waals surface area contributed by atoms with E-state index in [0.29, 0.717) is 0 Å². The van der Waals surface area contributed by atoms with E-state index in [1.807, 2.05) is 0 Å². The third-order valence-electron chi connectivity index (χ3n) is 1.92. The molecule has 0 fully saturated rings. The van der Waals surface area contributed by atoms with Gasteiger partial charge in [-0.25, -0.2) is 9.59 Å². The van der Waals surface area contributed by atoms with Crippen molar-refractivity contribution >= 4 is 23.8 Å². The average molecular weight is 332 g/mol. The molecule has 128 valence electrons. The quantitative estimate of drug-likeness (QED) is 0.430. The summed E-state index contributed by atoms with van der Waals surface area (Å²) in [4.78, 5) is 40.8. The first-order chi connectivity index (χ1) is 9.78. The fourth-order valence-electron chi connectivity index (χ4n) is 0.828. The fourth-order valence-corrected chi connectivity index (χ4v) is 0.828. The predicted octanol–water partition coefficient (Wildman–Crippen LogP) is -0.599. The smallest absolute Gasteiger partial charge is 0.481 e. The van der Waals surface area contributed by atoms with E-state index in [0.717, 1.165) is 0 Å². The molecule has 0 heterocycles. The molecule has 0 rings (SSSR count). The van der Waals surface area contributed by atoms with Crippen LogP contribution in [-0.2, 0) is 19.2 Å². The van der Waals surface area contributed by atoms with Gasteiger partial charge in [0.2, 0.25) is 5.91 Å². The molecule has 0 radical (unpaired) electrons. The van der Waals surface area contributed by atoms with E-state index >= 15 is 0 Å². The van der Waals surface area contributed by atoms with Crippen molar-refractivity contribution in [1.29, 1.82) is 0 Å².